The lowest BCUT2D eigenvalue weighted by molar-refractivity contribution is -0.971. The van der Waals surface area contributed by atoms with Gasteiger partial charge in [0, 0.05) is 6.92 Å². The van der Waals surface area contributed by atoms with Crippen molar-refractivity contribution in [2.45, 2.75) is 13.2 Å². The molecule has 0 saturated heterocycles. The van der Waals surface area contributed by atoms with E-state index in [-0.39, 0.29) is 0 Å². The summed E-state index contributed by atoms with van der Waals surface area (Å²) in [4.78, 5) is 14.1. The monoisotopic (exact) mass is 149 g/mol. The summed E-state index contributed by atoms with van der Waals surface area (Å²) in [6.45, 7) is 1.66. The Labute approximate surface area is 59.9 Å². The predicted molar refractivity (Wildman–Crippen MR) is 35.6 cm³/mol. The van der Waals surface area contributed by atoms with Gasteiger partial charge in [0.2, 0.25) is 6.23 Å². The maximum atomic E-state index is 9.83. The van der Waals surface area contributed by atoms with Crippen LogP contribution < -0.4 is 0 Å². The fraction of sp³-hybridized carbons (Fsp3) is 1.00. The maximum absolute atomic E-state index is 9.83. The van der Waals surface area contributed by atoms with Crippen LogP contribution in [0.25, 0.3) is 0 Å². The molecule has 0 radical (unpaired) electrons. The molecular weight excluding hydrogens is 136 g/mol. The van der Waals surface area contributed by atoms with Crippen molar-refractivity contribution in [2.75, 3.05) is 21.1 Å². The second kappa shape index (κ2) is 2.83. The summed E-state index contributed by atoms with van der Waals surface area (Å²) in [6, 6.07) is 0. The van der Waals surface area contributed by atoms with Crippen LogP contribution in [0.3, 0.4) is 0 Å². The van der Waals surface area contributed by atoms with Gasteiger partial charge >= 0.3 is 0 Å². The molecule has 0 aliphatic rings. The zero-order chi connectivity index (χ0) is 8.36. The van der Waals surface area contributed by atoms with Crippen molar-refractivity contribution in [2.24, 2.45) is 0 Å². The Bertz CT molecular complexity index is 129. The van der Waals surface area contributed by atoms with Crippen LogP contribution in [0.1, 0.15) is 6.92 Å². The average Bonchev–Trinajstić information content (AvgIpc) is 1.60. The van der Waals surface area contributed by atoms with Gasteiger partial charge in [0.15, 0.2) is 0 Å². The van der Waals surface area contributed by atoms with Crippen LogP contribution in [0.5, 0.6) is 0 Å². The van der Waals surface area contributed by atoms with Gasteiger partial charge in [0.25, 0.3) is 5.09 Å². The first kappa shape index (κ1) is 9.16. The quantitative estimate of drug-likeness (QED) is 0.250. The smallest absolute Gasteiger partial charge is 0.300 e. The van der Waals surface area contributed by atoms with Gasteiger partial charge < -0.3 is 4.48 Å². The van der Waals surface area contributed by atoms with Gasteiger partial charge in [-0.25, -0.2) is 0 Å². The van der Waals surface area contributed by atoms with Gasteiger partial charge in [0.1, 0.15) is 0 Å². The van der Waals surface area contributed by atoms with Crippen molar-refractivity contribution in [3.05, 3.63) is 10.1 Å². The van der Waals surface area contributed by atoms with Crippen LogP contribution >= 0.6 is 0 Å². The molecule has 60 valence electrons. The first-order valence-electron chi connectivity index (χ1n) is 2.96. The minimum atomic E-state index is -0.770. The second-order valence-electron chi connectivity index (χ2n) is 3.04. The third kappa shape index (κ3) is 3.24. The summed E-state index contributed by atoms with van der Waals surface area (Å²) < 4.78 is 0.418. The lowest BCUT2D eigenvalue weighted by Gasteiger charge is -2.28. The molecule has 0 aromatic heterocycles. The lowest BCUT2D eigenvalue weighted by atomic mass is 10.5. The van der Waals surface area contributed by atoms with Gasteiger partial charge in [-0.1, -0.05) is 0 Å². The highest BCUT2D eigenvalue weighted by atomic mass is 17.0. The largest absolute Gasteiger partial charge is 0.307 e. The van der Waals surface area contributed by atoms with E-state index in [9.17, 15) is 10.1 Å². The van der Waals surface area contributed by atoms with Crippen LogP contribution in [0.2, 0.25) is 0 Å². The van der Waals surface area contributed by atoms with Gasteiger partial charge in [-0.05, 0) is 0 Å². The number of rotatable bonds is 3. The Morgan fingerprint density at radius 3 is 2.00 bits per heavy atom. The molecule has 0 heterocycles. The third-order valence-electron chi connectivity index (χ3n) is 1.33. The van der Waals surface area contributed by atoms with Crippen molar-refractivity contribution in [3.8, 4) is 0 Å². The molecule has 0 aliphatic carbocycles. The molecule has 1 unspecified atom stereocenters. The van der Waals surface area contributed by atoms with Crippen molar-refractivity contribution in [1.82, 2.24) is 0 Å². The van der Waals surface area contributed by atoms with E-state index in [4.69, 9.17) is 0 Å². The van der Waals surface area contributed by atoms with E-state index in [1.165, 1.54) is 0 Å². The minimum absolute atomic E-state index is 0.418. The molecule has 0 amide bonds. The standard InChI is InChI=1S/C5H13N2O3/c1-5(7(2,3)4)10-6(8)9/h5H,1-4H3/q+1. The molecule has 0 aromatic carbocycles. The molecule has 0 bridgehead atoms. The van der Waals surface area contributed by atoms with Crippen molar-refractivity contribution in [3.63, 3.8) is 0 Å². The van der Waals surface area contributed by atoms with Gasteiger partial charge in [-0.15, -0.1) is 10.1 Å². The van der Waals surface area contributed by atoms with Crippen LogP contribution in [0.4, 0.5) is 0 Å². The Morgan fingerprint density at radius 1 is 1.50 bits per heavy atom. The molecule has 0 rings (SSSR count). The summed E-state index contributed by atoms with van der Waals surface area (Å²) in [5.74, 6) is 0. The van der Waals surface area contributed by atoms with E-state index in [0.29, 0.717) is 4.48 Å². The van der Waals surface area contributed by atoms with Gasteiger partial charge in [-0.3, -0.25) is 4.84 Å². The molecule has 0 N–H and O–H groups in total. The van der Waals surface area contributed by atoms with E-state index in [0.717, 1.165) is 0 Å². The number of hydrogen-bond donors (Lipinski definition) is 0. The molecule has 5 heteroatoms. The molecule has 0 spiro atoms. The fourth-order valence-corrected chi connectivity index (χ4v) is 0.266. The van der Waals surface area contributed by atoms with Crippen molar-refractivity contribution >= 4 is 0 Å². The van der Waals surface area contributed by atoms with E-state index in [2.05, 4.69) is 4.84 Å². The molecule has 0 aliphatic heterocycles. The predicted octanol–water partition coefficient (Wildman–Crippen LogP) is 0.247. The third-order valence-corrected chi connectivity index (χ3v) is 1.33. The summed E-state index contributed by atoms with van der Waals surface area (Å²) in [5.41, 5.74) is 0. The molecule has 1 atom stereocenters. The zero-order valence-corrected chi connectivity index (χ0v) is 6.70. The lowest BCUT2D eigenvalue weighted by Crippen LogP contribution is -2.45. The number of hydrogen-bond acceptors (Lipinski definition) is 3. The summed E-state index contributed by atoms with van der Waals surface area (Å²) in [7, 11) is 5.48. The van der Waals surface area contributed by atoms with Crippen LogP contribution in [-0.4, -0.2) is 36.9 Å². The normalized spacial score (nSPS) is 14.4. The summed E-state index contributed by atoms with van der Waals surface area (Å²) in [5, 5.41) is 9.06. The first-order chi connectivity index (χ1) is 4.34. The van der Waals surface area contributed by atoms with Gasteiger partial charge in [0.05, 0.1) is 21.1 Å². The van der Waals surface area contributed by atoms with Gasteiger partial charge in [-0.2, -0.15) is 0 Å². The molecule has 5 nitrogen and oxygen atoms in total. The highest BCUT2D eigenvalue weighted by Crippen LogP contribution is 2.02. The van der Waals surface area contributed by atoms with E-state index >= 15 is 0 Å². The fourth-order valence-electron chi connectivity index (χ4n) is 0.266. The van der Waals surface area contributed by atoms with Crippen molar-refractivity contribution in [1.29, 1.82) is 0 Å². The first-order valence-corrected chi connectivity index (χ1v) is 2.96. The van der Waals surface area contributed by atoms with Crippen molar-refractivity contribution < 1.29 is 14.4 Å². The Hall–Kier alpha value is -0.840. The number of nitrogens with zero attached hydrogens (tertiary/aromatic N) is 2. The molecule has 0 fully saturated rings. The molecule has 0 aromatic rings. The minimum Gasteiger partial charge on any atom is -0.307 e. The Balaban J connectivity index is 3.85. The Morgan fingerprint density at radius 2 is 1.90 bits per heavy atom. The zero-order valence-electron chi connectivity index (χ0n) is 6.70. The van der Waals surface area contributed by atoms with Crippen LogP contribution in [0, 0.1) is 10.1 Å². The molecular formula is C5H13N2O3+. The average molecular weight is 149 g/mol. The number of quaternary nitrogens is 1. The van der Waals surface area contributed by atoms with E-state index in [1.54, 1.807) is 6.92 Å². The summed E-state index contributed by atoms with van der Waals surface area (Å²) in [6.07, 6.45) is -0.421. The molecule has 0 saturated carbocycles. The summed E-state index contributed by atoms with van der Waals surface area (Å²) >= 11 is 0. The molecule has 10 heavy (non-hydrogen) atoms. The van der Waals surface area contributed by atoms with Crippen LogP contribution in [-0.2, 0) is 4.84 Å². The highest BCUT2D eigenvalue weighted by Gasteiger charge is 2.21. The maximum Gasteiger partial charge on any atom is 0.300 e. The second-order valence-corrected chi connectivity index (χ2v) is 3.04. The van der Waals surface area contributed by atoms with Crippen LogP contribution in [0.15, 0.2) is 0 Å². The van der Waals surface area contributed by atoms with E-state index < -0.39 is 11.3 Å². The highest BCUT2D eigenvalue weighted by molar-refractivity contribution is 4.22. The SMILES string of the molecule is CC(O[N+](=O)[O-])[N+](C)(C)C. The Kier molecular flexibility index (Phi) is 2.59. The van der Waals surface area contributed by atoms with E-state index in [1.807, 2.05) is 21.1 Å². The topological polar surface area (TPSA) is 52.4 Å².